The van der Waals surface area contributed by atoms with E-state index in [0.29, 0.717) is 17.5 Å². The van der Waals surface area contributed by atoms with E-state index < -0.39 is 0 Å². The van der Waals surface area contributed by atoms with Gasteiger partial charge in [0.25, 0.3) is 11.8 Å². The molecule has 3 aromatic rings. The molecule has 0 N–H and O–H groups in total. The Kier molecular flexibility index (Phi) is 4.28. The summed E-state index contributed by atoms with van der Waals surface area (Å²) in [5.41, 5.74) is 2.98. The molecule has 0 saturated heterocycles. The van der Waals surface area contributed by atoms with Crippen molar-refractivity contribution in [2.45, 2.75) is 20.5 Å². The van der Waals surface area contributed by atoms with Gasteiger partial charge in [-0.25, -0.2) is 0 Å². The second kappa shape index (κ2) is 6.52. The lowest BCUT2D eigenvalue weighted by Crippen LogP contribution is -1.97. The van der Waals surface area contributed by atoms with Crippen molar-refractivity contribution < 1.29 is 13.9 Å². The molecule has 5 heteroatoms. The van der Waals surface area contributed by atoms with Crippen LogP contribution in [0.2, 0.25) is 0 Å². The van der Waals surface area contributed by atoms with E-state index in [-0.39, 0.29) is 6.61 Å². The molecule has 1 aromatic heterocycles. The van der Waals surface area contributed by atoms with Crippen molar-refractivity contribution in [1.29, 1.82) is 0 Å². The van der Waals surface area contributed by atoms with Crippen LogP contribution in [-0.2, 0) is 6.61 Å². The van der Waals surface area contributed by atoms with E-state index in [1.807, 2.05) is 50.2 Å². The fraction of sp³-hybridized carbons (Fsp3) is 0.222. The lowest BCUT2D eigenvalue weighted by Gasteiger charge is -2.07. The topological polar surface area (TPSA) is 57.4 Å². The predicted octanol–water partition coefficient (Wildman–Crippen LogP) is 3.94. The molecule has 5 nitrogen and oxygen atoms in total. The van der Waals surface area contributed by atoms with Crippen LogP contribution < -0.4 is 9.47 Å². The first-order valence-electron chi connectivity index (χ1n) is 7.33. The van der Waals surface area contributed by atoms with Crippen LogP contribution in [0.4, 0.5) is 0 Å². The van der Waals surface area contributed by atoms with Gasteiger partial charge in [0.15, 0.2) is 6.61 Å². The van der Waals surface area contributed by atoms with Gasteiger partial charge < -0.3 is 13.9 Å². The zero-order valence-electron chi connectivity index (χ0n) is 13.4. The molecule has 1 heterocycles. The Bertz CT molecular complexity index is 812. The third kappa shape index (κ3) is 3.34. The van der Waals surface area contributed by atoms with Crippen LogP contribution in [0.15, 0.2) is 46.9 Å². The number of aromatic nitrogens is 2. The molecule has 0 spiro atoms. The second-order valence-electron chi connectivity index (χ2n) is 5.26. The SMILES string of the molecule is COc1ccccc1-c1nnc(COc2cc(C)ccc2C)o1. The maximum atomic E-state index is 5.78. The van der Waals surface area contributed by atoms with Gasteiger partial charge in [-0.15, -0.1) is 10.2 Å². The number of hydrogen-bond acceptors (Lipinski definition) is 5. The number of aryl methyl sites for hydroxylation is 2. The highest BCUT2D eigenvalue weighted by atomic mass is 16.5. The molecule has 0 radical (unpaired) electrons. The van der Waals surface area contributed by atoms with Gasteiger partial charge >= 0.3 is 0 Å². The molecule has 0 atom stereocenters. The van der Waals surface area contributed by atoms with Crippen molar-refractivity contribution in [3.63, 3.8) is 0 Å². The summed E-state index contributed by atoms with van der Waals surface area (Å²) < 4.78 is 16.8. The van der Waals surface area contributed by atoms with E-state index >= 15 is 0 Å². The molecule has 0 bridgehead atoms. The first kappa shape index (κ1) is 15.1. The highest BCUT2D eigenvalue weighted by Crippen LogP contribution is 2.28. The number of para-hydroxylation sites is 1. The van der Waals surface area contributed by atoms with E-state index in [2.05, 4.69) is 16.3 Å². The van der Waals surface area contributed by atoms with E-state index in [9.17, 15) is 0 Å². The van der Waals surface area contributed by atoms with Gasteiger partial charge in [0.05, 0.1) is 12.7 Å². The van der Waals surface area contributed by atoms with E-state index in [4.69, 9.17) is 13.9 Å². The van der Waals surface area contributed by atoms with Crippen LogP contribution in [0.25, 0.3) is 11.5 Å². The van der Waals surface area contributed by atoms with Crippen molar-refractivity contribution in [3.8, 4) is 23.0 Å². The summed E-state index contributed by atoms with van der Waals surface area (Å²) in [6.07, 6.45) is 0. The molecular weight excluding hydrogens is 292 g/mol. The third-order valence-corrected chi connectivity index (χ3v) is 3.50. The summed E-state index contributed by atoms with van der Waals surface area (Å²) in [6, 6.07) is 13.6. The Balaban J connectivity index is 1.76. The Labute approximate surface area is 134 Å². The summed E-state index contributed by atoms with van der Waals surface area (Å²) in [5, 5.41) is 8.11. The van der Waals surface area contributed by atoms with Crippen LogP contribution in [0.1, 0.15) is 17.0 Å². The minimum absolute atomic E-state index is 0.229. The molecule has 0 amide bonds. The number of nitrogens with zero attached hydrogens (tertiary/aromatic N) is 2. The first-order chi connectivity index (χ1) is 11.2. The molecule has 0 unspecified atom stereocenters. The van der Waals surface area contributed by atoms with Crippen LogP contribution in [-0.4, -0.2) is 17.3 Å². The summed E-state index contributed by atoms with van der Waals surface area (Å²) in [5.74, 6) is 2.36. The van der Waals surface area contributed by atoms with Gasteiger partial charge in [0.1, 0.15) is 11.5 Å². The van der Waals surface area contributed by atoms with Crippen LogP contribution in [0.3, 0.4) is 0 Å². The van der Waals surface area contributed by atoms with Gasteiger partial charge in [-0.05, 0) is 43.2 Å². The molecule has 0 aliphatic carbocycles. The Morgan fingerprint density at radius 1 is 1.00 bits per heavy atom. The number of hydrogen-bond donors (Lipinski definition) is 0. The molecule has 0 aliphatic rings. The predicted molar refractivity (Wildman–Crippen MR) is 86.5 cm³/mol. The summed E-state index contributed by atoms with van der Waals surface area (Å²) in [6.45, 7) is 4.26. The average Bonchev–Trinajstić information content (AvgIpc) is 3.04. The quantitative estimate of drug-likeness (QED) is 0.714. The fourth-order valence-electron chi connectivity index (χ4n) is 2.24. The molecule has 23 heavy (non-hydrogen) atoms. The van der Waals surface area contributed by atoms with Crippen LogP contribution in [0, 0.1) is 13.8 Å². The maximum absolute atomic E-state index is 5.78. The summed E-state index contributed by atoms with van der Waals surface area (Å²) in [7, 11) is 1.61. The lowest BCUT2D eigenvalue weighted by atomic mass is 10.1. The zero-order chi connectivity index (χ0) is 16.2. The van der Waals surface area contributed by atoms with Gasteiger partial charge in [-0.2, -0.15) is 0 Å². The highest BCUT2D eigenvalue weighted by Gasteiger charge is 2.13. The molecule has 2 aromatic carbocycles. The smallest absolute Gasteiger partial charge is 0.254 e. The summed E-state index contributed by atoms with van der Waals surface area (Å²) in [4.78, 5) is 0. The third-order valence-electron chi connectivity index (χ3n) is 3.50. The normalized spacial score (nSPS) is 10.6. The maximum Gasteiger partial charge on any atom is 0.254 e. The minimum atomic E-state index is 0.229. The van der Waals surface area contributed by atoms with Crippen molar-refractivity contribution in [3.05, 3.63) is 59.5 Å². The van der Waals surface area contributed by atoms with Gasteiger partial charge in [-0.3, -0.25) is 0 Å². The van der Waals surface area contributed by atoms with Gasteiger partial charge in [0.2, 0.25) is 0 Å². The first-order valence-corrected chi connectivity index (χ1v) is 7.33. The van der Waals surface area contributed by atoms with Crippen molar-refractivity contribution in [2.75, 3.05) is 7.11 Å². The van der Waals surface area contributed by atoms with E-state index in [0.717, 1.165) is 22.4 Å². The Morgan fingerprint density at radius 3 is 2.65 bits per heavy atom. The number of benzene rings is 2. The zero-order valence-corrected chi connectivity index (χ0v) is 13.4. The molecule has 0 saturated carbocycles. The van der Waals surface area contributed by atoms with E-state index in [1.54, 1.807) is 7.11 Å². The highest BCUT2D eigenvalue weighted by molar-refractivity contribution is 5.62. The van der Waals surface area contributed by atoms with Crippen LogP contribution in [0.5, 0.6) is 11.5 Å². The second-order valence-corrected chi connectivity index (χ2v) is 5.26. The van der Waals surface area contributed by atoms with Crippen LogP contribution >= 0.6 is 0 Å². The van der Waals surface area contributed by atoms with Crippen molar-refractivity contribution >= 4 is 0 Å². The molecule has 3 rings (SSSR count). The molecule has 0 fully saturated rings. The lowest BCUT2D eigenvalue weighted by molar-refractivity contribution is 0.262. The van der Waals surface area contributed by atoms with E-state index in [1.165, 1.54) is 0 Å². The molecule has 118 valence electrons. The number of rotatable bonds is 5. The van der Waals surface area contributed by atoms with Crippen molar-refractivity contribution in [2.24, 2.45) is 0 Å². The largest absolute Gasteiger partial charge is 0.496 e. The average molecular weight is 310 g/mol. The molecular formula is C18H18N2O3. The number of methoxy groups -OCH3 is 1. The monoisotopic (exact) mass is 310 g/mol. The Morgan fingerprint density at radius 2 is 1.83 bits per heavy atom. The van der Waals surface area contributed by atoms with Crippen molar-refractivity contribution in [1.82, 2.24) is 10.2 Å². The minimum Gasteiger partial charge on any atom is -0.496 e. The Hall–Kier alpha value is -2.82. The fourth-order valence-corrected chi connectivity index (χ4v) is 2.24. The number of ether oxygens (including phenoxy) is 2. The molecule has 0 aliphatic heterocycles. The summed E-state index contributed by atoms with van der Waals surface area (Å²) >= 11 is 0. The van der Waals surface area contributed by atoms with Gasteiger partial charge in [-0.1, -0.05) is 24.3 Å². The van der Waals surface area contributed by atoms with Gasteiger partial charge in [0, 0.05) is 0 Å². The standard InChI is InChI=1S/C18H18N2O3/c1-12-8-9-13(2)16(10-12)22-11-17-19-20-18(23-17)14-6-4-5-7-15(14)21-3/h4-10H,11H2,1-3H3.